The van der Waals surface area contributed by atoms with Gasteiger partial charge < -0.3 is 4.74 Å². The molecule has 1 aliphatic heterocycles. The number of piperidine rings is 1. The number of ether oxygens (including phenoxy) is 1. The van der Waals surface area contributed by atoms with Crippen LogP contribution in [0.1, 0.15) is 18.4 Å². The van der Waals surface area contributed by atoms with Gasteiger partial charge in [-0.15, -0.1) is 0 Å². The van der Waals surface area contributed by atoms with Crippen molar-refractivity contribution in [3.63, 3.8) is 0 Å². The fraction of sp³-hybridized carbons (Fsp3) is 0.533. The number of para-hydroxylation sites is 1. The minimum absolute atomic E-state index is 0.258. The second-order valence-corrected chi connectivity index (χ2v) is 7.04. The SMILES string of the molecule is N#Cc1ccccc1OCCN1CCC[C@H](CNS(N)(=O)=O)C1. The maximum absolute atomic E-state index is 11.0. The number of hydrogen-bond donors (Lipinski definition) is 2. The number of nitriles is 1. The Morgan fingerprint density at radius 1 is 1.43 bits per heavy atom. The molecular weight excluding hydrogens is 316 g/mol. The zero-order chi connectivity index (χ0) is 16.7. The van der Waals surface area contributed by atoms with Crippen LogP contribution in [0.15, 0.2) is 24.3 Å². The molecule has 0 radical (unpaired) electrons. The standard InChI is InChI=1S/C15H22N4O3S/c16-10-14-5-1-2-6-15(14)22-9-8-19-7-3-4-13(12-19)11-18-23(17,20)21/h1-2,5-6,13,18H,3-4,7-9,11-12H2,(H2,17,20,21)/t13-/m1/s1. The quantitative estimate of drug-likeness (QED) is 0.750. The van der Waals surface area contributed by atoms with E-state index in [9.17, 15) is 8.42 Å². The maximum atomic E-state index is 11.0. The summed E-state index contributed by atoms with van der Waals surface area (Å²) in [6.45, 7) is 3.38. The van der Waals surface area contributed by atoms with E-state index >= 15 is 0 Å². The third-order valence-corrected chi connectivity index (χ3v) is 4.42. The third kappa shape index (κ3) is 6.15. The third-order valence-electron chi connectivity index (χ3n) is 3.85. The zero-order valence-corrected chi connectivity index (χ0v) is 13.8. The number of rotatable bonds is 7. The molecule has 1 aliphatic rings. The molecule has 1 fully saturated rings. The van der Waals surface area contributed by atoms with Crippen LogP contribution >= 0.6 is 0 Å². The molecule has 8 heteroatoms. The molecule has 1 atom stereocenters. The van der Waals surface area contributed by atoms with Crippen LogP contribution in [0.3, 0.4) is 0 Å². The molecule has 2 rings (SSSR count). The monoisotopic (exact) mass is 338 g/mol. The fourth-order valence-corrected chi connectivity index (χ4v) is 3.19. The van der Waals surface area contributed by atoms with Crippen molar-refractivity contribution >= 4 is 10.2 Å². The first kappa shape index (κ1) is 17.7. The van der Waals surface area contributed by atoms with Gasteiger partial charge in [0.1, 0.15) is 18.4 Å². The average Bonchev–Trinajstić information content (AvgIpc) is 2.53. The van der Waals surface area contributed by atoms with Gasteiger partial charge in [0, 0.05) is 19.6 Å². The summed E-state index contributed by atoms with van der Waals surface area (Å²) in [6.07, 6.45) is 2.00. The summed E-state index contributed by atoms with van der Waals surface area (Å²) < 4.78 is 30.0. The summed E-state index contributed by atoms with van der Waals surface area (Å²) in [5.74, 6) is 0.855. The number of nitrogens with one attached hydrogen (secondary N) is 1. The summed E-state index contributed by atoms with van der Waals surface area (Å²) in [6, 6.07) is 9.26. The van der Waals surface area contributed by atoms with Crippen molar-refractivity contribution in [2.45, 2.75) is 12.8 Å². The molecule has 0 amide bonds. The zero-order valence-electron chi connectivity index (χ0n) is 12.9. The summed E-state index contributed by atoms with van der Waals surface area (Å²) in [5, 5.41) is 14.0. The van der Waals surface area contributed by atoms with Crippen LogP contribution in [0.5, 0.6) is 5.75 Å². The van der Waals surface area contributed by atoms with Crippen LogP contribution in [0.4, 0.5) is 0 Å². The fourth-order valence-electron chi connectivity index (χ4n) is 2.72. The molecule has 126 valence electrons. The van der Waals surface area contributed by atoms with Crippen LogP contribution < -0.4 is 14.6 Å². The van der Waals surface area contributed by atoms with Gasteiger partial charge in [-0.3, -0.25) is 4.90 Å². The van der Waals surface area contributed by atoms with E-state index in [-0.39, 0.29) is 5.92 Å². The van der Waals surface area contributed by atoms with Gasteiger partial charge in [0.05, 0.1) is 5.56 Å². The second kappa shape index (κ2) is 8.26. The Morgan fingerprint density at radius 3 is 2.96 bits per heavy atom. The van der Waals surface area contributed by atoms with E-state index in [1.54, 1.807) is 18.2 Å². The first-order valence-corrected chi connectivity index (χ1v) is 9.14. The minimum Gasteiger partial charge on any atom is -0.491 e. The van der Waals surface area contributed by atoms with Gasteiger partial charge in [0.25, 0.3) is 10.2 Å². The molecule has 7 nitrogen and oxygen atoms in total. The lowest BCUT2D eigenvalue weighted by Crippen LogP contribution is -2.43. The molecule has 3 N–H and O–H groups in total. The summed E-state index contributed by atoms with van der Waals surface area (Å²) in [4.78, 5) is 2.24. The van der Waals surface area contributed by atoms with Crippen LogP contribution in [-0.4, -0.2) is 46.1 Å². The molecule has 0 unspecified atom stereocenters. The Bertz CT molecular complexity index is 657. The van der Waals surface area contributed by atoms with E-state index in [1.807, 2.05) is 6.07 Å². The van der Waals surface area contributed by atoms with E-state index in [0.717, 1.165) is 32.5 Å². The van der Waals surface area contributed by atoms with Crippen molar-refractivity contribution in [3.8, 4) is 11.8 Å². The van der Waals surface area contributed by atoms with Crippen LogP contribution in [-0.2, 0) is 10.2 Å². The van der Waals surface area contributed by atoms with Crippen molar-refractivity contribution in [2.75, 3.05) is 32.8 Å². The predicted molar refractivity (Wildman–Crippen MR) is 86.9 cm³/mol. The average molecular weight is 338 g/mol. The Morgan fingerprint density at radius 2 is 2.22 bits per heavy atom. The van der Waals surface area contributed by atoms with Gasteiger partial charge in [-0.05, 0) is 37.4 Å². The molecule has 0 spiro atoms. The smallest absolute Gasteiger partial charge is 0.274 e. The van der Waals surface area contributed by atoms with Crippen LogP contribution in [0.2, 0.25) is 0 Å². The van der Waals surface area contributed by atoms with E-state index in [1.165, 1.54) is 0 Å². The normalized spacial score (nSPS) is 19.2. The lowest BCUT2D eigenvalue weighted by Gasteiger charge is -2.32. The van der Waals surface area contributed by atoms with Gasteiger partial charge in [-0.1, -0.05) is 12.1 Å². The lowest BCUT2D eigenvalue weighted by atomic mass is 9.98. The van der Waals surface area contributed by atoms with E-state index in [4.69, 9.17) is 15.1 Å². The van der Waals surface area contributed by atoms with Crippen molar-refractivity contribution in [1.29, 1.82) is 5.26 Å². The van der Waals surface area contributed by atoms with Crippen molar-refractivity contribution in [1.82, 2.24) is 9.62 Å². The first-order valence-electron chi connectivity index (χ1n) is 7.59. The Labute approximate surface area is 137 Å². The largest absolute Gasteiger partial charge is 0.491 e. The summed E-state index contributed by atoms with van der Waals surface area (Å²) in [7, 11) is -3.63. The summed E-state index contributed by atoms with van der Waals surface area (Å²) in [5.41, 5.74) is 0.529. The topological polar surface area (TPSA) is 108 Å². The van der Waals surface area contributed by atoms with Crippen molar-refractivity contribution in [3.05, 3.63) is 29.8 Å². The number of nitrogens with zero attached hydrogens (tertiary/aromatic N) is 2. The minimum atomic E-state index is -3.63. The maximum Gasteiger partial charge on any atom is 0.274 e. The molecule has 1 saturated heterocycles. The molecule has 1 aromatic carbocycles. The van der Waals surface area contributed by atoms with E-state index in [0.29, 0.717) is 24.5 Å². The predicted octanol–water partition coefficient (Wildman–Crippen LogP) is 0.442. The van der Waals surface area contributed by atoms with Crippen molar-refractivity contribution < 1.29 is 13.2 Å². The molecular formula is C15H22N4O3S. The molecule has 0 bridgehead atoms. The van der Waals surface area contributed by atoms with Gasteiger partial charge in [0.15, 0.2) is 0 Å². The molecule has 23 heavy (non-hydrogen) atoms. The number of nitrogens with two attached hydrogens (primary N) is 1. The number of likely N-dealkylation sites (tertiary alicyclic amines) is 1. The van der Waals surface area contributed by atoms with Crippen molar-refractivity contribution in [2.24, 2.45) is 11.1 Å². The highest BCUT2D eigenvalue weighted by Crippen LogP contribution is 2.18. The summed E-state index contributed by atoms with van der Waals surface area (Å²) >= 11 is 0. The molecule has 1 heterocycles. The Hall–Kier alpha value is -1.66. The van der Waals surface area contributed by atoms with Gasteiger partial charge in [0.2, 0.25) is 0 Å². The molecule has 0 saturated carbocycles. The van der Waals surface area contributed by atoms with E-state index in [2.05, 4.69) is 15.7 Å². The Kier molecular flexibility index (Phi) is 6.36. The lowest BCUT2D eigenvalue weighted by molar-refractivity contribution is 0.148. The molecule has 0 aliphatic carbocycles. The van der Waals surface area contributed by atoms with Crippen LogP contribution in [0.25, 0.3) is 0 Å². The number of hydrogen-bond acceptors (Lipinski definition) is 5. The van der Waals surface area contributed by atoms with Crippen LogP contribution in [0, 0.1) is 17.2 Å². The second-order valence-electron chi connectivity index (χ2n) is 5.66. The van der Waals surface area contributed by atoms with E-state index < -0.39 is 10.2 Å². The molecule has 1 aromatic rings. The first-order chi connectivity index (χ1) is 11.0. The Balaban J connectivity index is 1.76. The van der Waals surface area contributed by atoms with Gasteiger partial charge in [-0.2, -0.15) is 13.7 Å². The number of benzene rings is 1. The highest BCUT2D eigenvalue weighted by molar-refractivity contribution is 7.87. The highest BCUT2D eigenvalue weighted by Gasteiger charge is 2.20. The highest BCUT2D eigenvalue weighted by atomic mass is 32.2. The van der Waals surface area contributed by atoms with Gasteiger partial charge in [-0.25, -0.2) is 9.86 Å². The van der Waals surface area contributed by atoms with Gasteiger partial charge >= 0.3 is 0 Å². The molecule has 0 aromatic heterocycles.